The topological polar surface area (TPSA) is 9.23 Å². The molecule has 98 valence electrons. The van der Waals surface area contributed by atoms with Crippen molar-refractivity contribution in [1.82, 2.24) is 0 Å². The summed E-state index contributed by atoms with van der Waals surface area (Å²) in [6, 6.07) is 10.3. The van der Waals surface area contributed by atoms with E-state index in [1.54, 1.807) is 7.11 Å². The molecule has 0 spiro atoms. The first-order valence-electron chi connectivity index (χ1n) is 6.34. The molecule has 0 fully saturated rings. The summed E-state index contributed by atoms with van der Waals surface area (Å²) in [7, 11) is 1.73. The minimum atomic E-state index is -0.185. The van der Waals surface area contributed by atoms with Crippen molar-refractivity contribution in [3.05, 3.63) is 60.2 Å². The maximum Gasteiger partial charge on any atom is 0.101 e. The summed E-state index contributed by atoms with van der Waals surface area (Å²) in [6.07, 6.45) is 8.56. The number of rotatable bonds is 1. The summed E-state index contributed by atoms with van der Waals surface area (Å²) in [6.45, 7) is 8.49. The third kappa shape index (κ3) is 4.89. The van der Waals surface area contributed by atoms with Crippen LogP contribution in [0.25, 0.3) is 0 Å². The summed E-state index contributed by atoms with van der Waals surface area (Å²) >= 11 is 0. The molecule has 1 heteroatoms. The molecule has 0 saturated heterocycles. The Morgan fingerprint density at radius 2 is 1.33 bits per heavy atom. The van der Waals surface area contributed by atoms with Gasteiger partial charge < -0.3 is 4.74 Å². The predicted molar refractivity (Wildman–Crippen MR) is 78.7 cm³/mol. The van der Waals surface area contributed by atoms with Crippen LogP contribution in [0.4, 0.5) is 0 Å². The zero-order chi connectivity index (χ0) is 13.6. The van der Waals surface area contributed by atoms with E-state index in [0.717, 1.165) is 0 Å². The van der Waals surface area contributed by atoms with Gasteiger partial charge in [-0.1, -0.05) is 74.0 Å². The number of benzene rings is 1. The largest absolute Gasteiger partial charge is 0.370 e. The van der Waals surface area contributed by atoms with E-state index in [1.165, 1.54) is 5.56 Å². The zero-order valence-electron chi connectivity index (χ0n) is 12.1. The molecule has 1 aromatic rings. The van der Waals surface area contributed by atoms with Crippen molar-refractivity contribution in [2.45, 2.75) is 33.3 Å². The van der Waals surface area contributed by atoms with Gasteiger partial charge in [-0.15, -0.1) is 0 Å². The van der Waals surface area contributed by atoms with Crippen LogP contribution in [-0.4, -0.2) is 12.7 Å². The van der Waals surface area contributed by atoms with Crippen molar-refractivity contribution < 1.29 is 4.74 Å². The average molecular weight is 244 g/mol. The molecule has 0 bridgehead atoms. The minimum absolute atomic E-state index is 0.185. The summed E-state index contributed by atoms with van der Waals surface area (Å²) in [5.74, 6) is 0. The molecule has 1 aliphatic carbocycles. The van der Waals surface area contributed by atoms with Crippen molar-refractivity contribution in [2.75, 3.05) is 7.11 Å². The van der Waals surface area contributed by atoms with Crippen molar-refractivity contribution in [3.8, 4) is 0 Å². The van der Waals surface area contributed by atoms with E-state index in [-0.39, 0.29) is 11.0 Å². The van der Waals surface area contributed by atoms with Gasteiger partial charge in [0.1, 0.15) is 5.60 Å². The van der Waals surface area contributed by atoms with Crippen LogP contribution >= 0.6 is 0 Å². The smallest absolute Gasteiger partial charge is 0.101 e. The van der Waals surface area contributed by atoms with Gasteiger partial charge in [-0.05, 0) is 13.8 Å². The Morgan fingerprint density at radius 1 is 0.833 bits per heavy atom. The van der Waals surface area contributed by atoms with E-state index in [9.17, 15) is 0 Å². The molecule has 0 unspecified atom stereocenters. The number of hydrogen-bond donors (Lipinski definition) is 0. The van der Waals surface area contributed by atoms with Crippen LogP contribution in [0.1, 0.15) is 26.3 Å². The van der Waals surface area contributed by atoms with Crippen LogP contribution in [0, 0.1) is 12.3 Å². The summed E-state index contributed by atoms with van der Waals surface area (Å²) in [5.41, 5.74) is 1.33. The molecule has 1 aromatic carbocycles. The van der Waals surface area contributed by atoms with Crippen molar-refractivity contribution >= 4 is 0 Å². The minimum Gasteiger partial charge on any atom is -0.370 e. The number of methoxy groups -OCH3 is 1. The zero-order valence-corrected chi connectivity index (χ0v) is 12.1. The molecular formula is C17H24O. The SMILES string of the molecule is COC1(C)C=CC(C)(C)C=C1.Cc1ccccc1. The highest BCUT2D eigenvalue weighted by atomic mass is 16.5. The second-order valence-electron chi connectivity index (χ2n) is 5.53. The van der Waals surface area contributed by atoms with Crippen LogP contribution in [0.2, 0.25) is 0 Å². The molecule has 0 heterocycles. The van der Waals surface area contributed by atoms with E-state index in [2.05, 4.69) is 64.1 Å². The third-order valence-electron chi connectivity index (χ3n) is 3.07. The molecule has 18 heavy (non-hydrogen) atoms. The Labute approximate surface area is 111 Å². The van der Waals surface area contributed by atoms with Gasteiger partial charge >= 0.3 is 0 Å². The standard InChI is InChI=1S/C10H16O.C7H8/c1-9(2)5-7-10(3,11-4)8-6-9;1-7-5-3-2-4-6-7/h5-8H,1-4H3;2-6H,1H3. The fraction of sp³-hybridized carbons (Fsp3) is 0.412. The second kappa shape index (κ2) is 6.01. The molecule has 0 amide bonds. The number of allylic oxidation sites excluding steroid dienone is 2. The highest BCUT2D eigenvalue weighted by Gasteiger charge is 2.23. The Balaban J connectivity index is 0.000000199. The van der Waals surface area contributed by atoms with Crippen molar-refractivity contribution in [3.63, 3.8) is 0 Å². The summed E-state index contributed by atoms with van der Waals surface area (Å²) < 4.78 is 5.30. The molecular weight excluding hydrogens is 220 g/mol. The first-order chi connectivity index (χ1) is 8.37. The van der Waals surface area contributed by atoms with E-state index < -0.39 is 0 Å². The quantitative estimate of drug-likeness (QED) is 0.659. The second-order valence-corrected chi connectivity index (χ2v) is 5.53. The van der Waals surface area contributed by atoms with Crippen LogP contribution < -0.4 is 0 Å². The van der Waals surface area contributed by atoms with E-state index >= 15 is 0 Å². The van der Waals surface area contributed by atoms with Gasteiger partial charge in [-0.3, -0.25) is 0 Å². The first kappa shape index (κ1) is 14.7. The molecule has 0 radical (unpaired) electrons. The lowest BCUT2D eigenvalue weighted by Gasteiger charge is -2.28. The van der Waals surface area contributed by atoms with Crippen molar-refractivity contribution in [2.24, 2.45) is 5.41 Å². The molecule has 0 aromatic heterocycles. The van der Waals surface area contributed by atoms with Crippen LogP contribution in [-0.2, 0) is 4.74 Å². The van der Waals surface area contributed by atoms with Crippen LogP contribution in [0.15, 0.2) is 54.6 Å². The lowest BCUT2D eigenvalue weighted by atomic mass is 9.84. The van der Waals surface area contributed by atoms with Gasteiger partial charge in [0.25, 0.3) is 0 Å². The number of ether oxygens (including phenoxy) is 1. The lowest BCUT2D eigenvalue weighted by molar-refractivity contribution is 0.0873. The molecule has 0 saturated carbocycles. The predicted octanol–water partition coefficient (Wildman–Crippen LogP) is 4.54. The highest BCUT2D eigenvalue weighted by Crippen LogP contribution is 2.28. The Bertz CT molecular complexity index is 396. The average Bonchev–Trinajstić information content (AvgIpc) is 2.35. The fourth-order valence-corrected chi connectivity index (χ4v) is 1.54. The lowest BCUT2D eigenvalue weighted by Crippen LogP contribution is -2.25. The van der Waals surface area contributed by atoms with Gasteiger partial charge in [0, 0.05) is 12.5 Å². The van der Waals surface area contributed by atoms with Gasteiger partial charge in [0.2, 0.25) is 0 Å². The monoisotopic (exact) mass is 244 g/mol. The Kier molecular flexibility index (Phi) is 4.92. The van der Waals surface area contributed by atoms with Gasteiger partial charge in [0.15, 0.2) is 0 Å². The molecule has 1 aliphatic rings. The normalized spacial score (nSPS) is 18.9. The van der Waals surface area contributed by atoms with Gasteiger partial charge in [-0.25, -0.2) is 0 Å². The fourth-order valence-electron chi connectivity index (χ4n) is 1.54. The molecule has 1 nitrogen and oxygen atoms in total. The van der Waals surface area contributed by atoms with Gasteiger partial charge in [-0.2, -0.15) is 0 Å². The highest BCUT2D eigenvalue weighted by molar-refractivity contribution is 5.24. The molecule has 0 atom stereocenters. The van der Waals surface area contributed by atoms with E-state index in [0.29, 0.717) is 0 Å². The Hall–Kier alpha value is -1.34. The van der Waals surface area contributed by atoms with Gasteiger partial charge in [0.05, 0.1) is 0 Å². The van der Waals surface area contributed by atoms with Crippen LogP contribution in [0.5, 0.6) is 0 Å². The van der Waals surface area contributed by atoms with Crippen LogP contribution in [0.3, 0.4) is 0 Å². The third-order valence-corrected chi connectivity index (χ3v) is 3.07. The summed E-state index contributed by atoms with van der Waals surface area (Å²) in [5, 5.41) is 0. The summed E-state index contributed by atoms with van der Waals surface area (Å²) in [4.78, 5) is 0. The molecule has 0 aliphatic heterocycles. The Morgan fingerprint density at radius 3 is 1.67 bits per heavy atom. The van der Waals surface area contributed by atoms with E-state index in [1.807, 2.05) is 18.2 Å². The number of aryl methyl sites for hydroxylation is 1. The maximum atomic E-state index is 5.30. The van der Waals surface area contributed by atoms with E-state index in [4.69, 9.17) is 4.74 Å². The molecule has 0 N–H and O–H groups in total. The first-order valence-corrected chi connectivity index (χ1v) is 6.34. The van der Waals surface area contributed by atoms with Crippen molar-refractivity contribution in [1.29, 1.82) is 0 Å². The molecule has 2 rings (SSSR count). The maximum absolute atomic E-state index is 5.30. The number of hydrogen-bond acceptors (Lipinski definition) is 1.